The SMILES string of the molecule is CN(C(=O)c1ccc(SC(F)(F)F)cc1)C1CCN(CCc2ccccn2)CC1. The van der Waals surface area contributed by atoms with E-state index in [0.717, 1.165) is 44.6 Å². The summed E-state index contributed by atoms with van der Waals surface area (Å²) < 4.78 is 37.3. The van der Waals surface area contributed by atoms with E-state index in [1.807, 2.05) is 18.2 Å². The topological polar surface area (TPSA) is 36.4 Å². The van der Waals surface area contributed by atoms with Gasteiger partial charge in [-0.2, -0.15) is 13.2 Å². The van der Waals surface area contributed by atoms with Crippen molar-refractivity contribution in [1.82, 2.24) is 14.8 Å². The molecule has 0 aliphatic carbocycles. The summed E-state index contributed by atoms with van der Waals surface area (Å²) in [4.78, 5) is 21.2. The second kappa shape index (κ2) is 9.63. The van der Waals surface area contributed by atoms with Crippen molar-refractivity contribution < 1.29 is 18.0 Å². The lowest BCUT2D eigenvalue weighted by atomic mass is 10.0. The fraction of sp³-hybridized carbons (Fsp3) is 0.429. The number of likely N-dealkylation sites (tertiary alicyclic amines) is 1. The Labute approximate surface area is 173 Å². The van der Waals surface area contributed by atoms with Crippen LogP contribution in [0, 0.1) is 0 Å². The fourth-order valence-corrected chi connectivity index (χ4v) is 4.06. The standard InChI is InChI=1S/C21H24F3N3OS/c1-26(20(28)16-5-7-19(8-6-16)29-21(22,23)24)18-10-14-27(15-11-18)13-9-17-4-2-3-12-25-17/h2-8,12,18H,9-11,13-15H2,1H3. The van der Waals surface area contributed by atoms with Crippen molar-refractivity contribution >= 4 is 17.7 Å². The minimum atomic E-state index is -4.33. The molecule has 156 valence electrons. The van der Waals surface area contributed by atoms with Crippen LogP contribution in [0.15, 0.2) is 53.6 Å². The van der Waals surface area contributed by atoms with Gasteiger partial charge in [-0.05, 0) is 61.0 Å². The average Bonchev–Trinajstić information content (AvgIpc) is 2.72. The molecule has 0 unspecified atom stereocenters. The van der Waals surface area contributed by atoms with Crippen molar-refractivity contribution in [2.75, 3.05) is 26.7 Å². The first-order valence-corrected chi connectivity index (χ1v) is 10.4. The molecular weight excluding hydrogens is 399 g/mol. The molecule has 0 saturated carbocycles. The van der Waals surface area contributed by atoms with Gasteiger partial charge >= 0.3 is 5.51 Å². The van der Waals surface area contributed by atoms with Gasteiger partial charge in [0.25, 0.3) is 5.91 Å². The summed E-state index contributed by atoms with van der Waals surface area (Å²) in [6.07, 6.45) is 4.47. The van der Waals surface area contributed by atoms with Crippen LogP contribution >= 0.6 is 11.8 Å². The number of amides is 1. The monoisotopic (exact) mass is 423 g/mol. The molecule has 0 N–H and O–H groups in total. The summed E-state index contributed by atoms with van der Waals surface area (Å²) in [7, 11) is 1.77. The van der Waals surface area contributed by atoms with Crippen molar-refractivity contribution in [2.45, 2.75) is 35.7 Å². The van der Waals surface area contributed by atoms with Crippen molar-refractivity contribution in [3.63, 3.8) is 0 Å². The number of halogens is 3. The highest BCUT2D eigenvalue weighted by molar-refractivity contribution is 8.00. The number of nitrogens with zero attached hydrogens (tertiary/aromatic N) is 3. The van der Waals surface area contributed by atoms with Crippen LogP contribution in [-0.2, 0) is 6.42 Å². The number of hydrogen-bond acceptors (Lipinski definition) is 4. The highest BCUT2D eigenvalue weighted by Gasteiger charge is 2.29. The lowest BCUT2D eigenvalue weighted by Gasteiger charge is -2.36. The van der Waals surface area contributed by atoms with Gasteiger partial charge in [0.05, 0.1) is 0 Å². The Morgan fingerprint density at radius 2 is 1.86 bits per heavy atom. The number of piperidine rings is 1. The molecule has 1 aromatic heterocycles. The molecule has 29 heavy (non-hydrogen) atoms. The zero-order valence-corrected chi connectivity index (χ0v) is 17.0. The van der Waals surface area contributed by atoms with E-state index in [1.54, 1.807) is 18.1 Å². The molecule has 8 heteroatoms. The molecule has 0 atom stereocenters. The number of rotatable bonds is 6. The van der Waals surface area contributed by atoms with Gasteiger partial charge in [0.1, 0.15) is 0 Å². The number of hydrogen-bond donors (Lipinski definition) is 0. The molecule has 4 nitrogen and oxygen atoms in total. The Hall–Kier alpha value is -2.06. The van der Waals surface area contributed by atoms with E-state index in [1.165, 1.54) is 24.3 Å². The maximum atomic E-state index is 12.7. The summed E-state index contributed by atoms with van der Waals surface area (Å²) >= 11 is -0.174. The first-order valence-electron chi connectivity index (χ1n) is 9.57. The third kappa shape index (κ3) is 6.47. The van der Waals surface area contributed by atoms with E-state index in [4.69, 9.17) is 0 Å². The van der Waals surface area contributed by atoms with Crippen molar-refractivity contribution in [1.29, 1.82) is 0 Å². The summed E-state index contributed by atoms with van der Waals surface area (Å²) in [5, 5.41) is 0. The number of pyridine rings is 1. The molecule has 1 amide bonds. The third-order valence-electron chi connectivity index (χ3n) is 5.17. The van der Waals surface area contributed by atoms with Gasteiger partial charge < -0.3 is 9.80 Å². The molecule has 1 fully saturated rings. The van der Waals surface area contributed by atoms with Gasteiger partial charge in [-0.1, -0.05) is 6.07 Å². The zero-order valence-electron chi connectivity index (χ0n) is 16.2. The van der Waals surface area contributed by atoms with E-state index in [-0.39, 0.29) is 28.6 Å². The first-order chi connectivity index (χ1) is 13.8. The van der Waals surface area contributed by atoms with Crippen LogP contribution in [0.25, 0.3) is 0 Å². The lowest BCUT2D eigenvalue weighted by Crippen LogP contribution is -2.46. The van der Waals surface area contributed by atoms with Gasteiger partial charge in [0, 0.05) is 61.5 Å². The van der Waals surface area contributed by atoms with E-state index < -0.39 is 5.51 Å². The Bertz CT molecular complexity index is 791. The van der Waals surface area contributed by atoms with Gasteiger partial charge in [0.15, 0.2) is 0 Å². The molecule has 0 spiro atoms. The number of carbonyl (C=O) groups is 1. The summed E-state index contributed by atoms with van der Waals surface area (Å²) in [6.45, 7) is 2.77. The maximum Gasteiger partial charge on any atom is 0.446 e. The Morgan fingerprint density at radius 1 is 1.17 bits per heavy atom. The largest absolute Gasteiger partial charge is 0.446 e. The number of thioether (sulfide) groups is 1. The molecule has 2 aromatic rings. The van der Waals surface area contributed by atoms with Crippen LogP contribution in [-0.4, -0.2) is 58.9 Å². The zero-order chi connectivity index (χ0) is 20.9. The minimum absolute atomic E-state index is 0.0814. The van der Waals surface area contributed by atoms with E-state index in [0.29, 0.717) is 5.56 Å². The Kier molecular flexibility index (Phi) is 7.18. The van der Waals surface area contributed by atoms with E-state index in [9.17, 15) is 18.0 Å². The summed E-state index contributed by atoms with van der Waals surface area (Å²) in [5.41, 5.74) is -2.84. The summed E-state index contributed by atoms with van der Waals surface area (Å²) in [5.74, 6) is -0.152. The van der Waals surface area contributed by atoms with Gasteiger partial charge in [-0.15, -0.1) is 0 Å². The normalized spacial score (nSPS) is 16.0. The molecule has 1 aromatic carbocycles. The van der Waals surface area contributed by atoms with E-state index in [2.05, 4.69) is 9.88 Å². The van der Waals surface area contributed by atoms with Gasteiger partial charge in [-0.3, -0.25) is 9.78 Å². The predicted octanol–water partition coefficient (Wildman–Crippen LogP) is 4.47. The average molecular weight is 424 g/mol. The number of aromatic nitrogens is 1. The molecule has 3 rings (SSSR count). The van der Waals surface area contributed by atoms with Crippen LogP contribution in [0.1, 0.15) is 28.9 Å². The quantitative estimate of drug-likeness (QED) is 0.643. The number of carbonyl (C=O) groups excluding carboxylic acids is 1. The smallest absolute Gasteiger partial charge is 0.339 e. The van der Waals surface area contributed by atoms with Crippen LogP contribution in [0.3, 0.4) is 0 Å². The lowest BCUT2D eigenvalue weighted by molar-refractivity contribution is -0.0328. The van der Waals surface area contributed by atoms with E-state index >= 15 is 0 Å². The van der Waals surface area contributed by atoms with Crippen LogP contribution in [0.5, 0.6) is 0 Å². The van der Waals surface area contributed by atoms with Crippen molar-refractivity contribution in [2.24, 2.45) is 0 Å². The van der Waals surface area contributed by atoms with Gasteiger partial charge in [-0.25, -0.2) is 0 Å². The third-order valence-corrected chi connectivity index (χ3v) is 5.91. The Morgan fingerprint density at radius 3 is 2.45 bits per heavy atom. The molecule has 0 bridgehead atoms. The van der Waals surface area contributed by atoms with Crippen molar-refractivity contribution in [3.8, 4) is 0 Å². The maximum absolute atomic E-state index is 12.7. The number of benzene rings is 1. The highest BCUT2D eigenvalue weighted by atomic mass is 32.2. The predicted molar refractivity (Wildman–Crippen MR) is 108 cm³/mol. The van der Waals surface area contributed by atoms with Crippen molar-refractivity contribution in [3.05, 3.63) is 59.9 Å². The molecule has 1 saturated heterocycles. The highest BCUT2D eigenvalue weighted by Crippen LogP contribution is 2.36. The molecular formula is C21H24F3N3OS. The second-order valence-electron chi connectivity index (χ2n) is 7.13. The molecule has 2 heterocycles. The molecule has 1 aliphatic rings. The Balaban J connectivity index is 1.48. The van der Waals surface area contributed by atoms with Crippen LogP contribution < -0.4 is 0 Å². The summed E-state index contributed by atoms with van der Waals surface area (Å²) in [6, 6.07) is 11.7. The minimum Gasteiger partial charge on any atom is -0.339 e. The number of alkyl halides is 3. The van der Waals surface area contributed by atoms with Gasteiger partial charge in [0.2, 0.25) is 0 Å². The molecule has 0 radical (unpaired) electrons. The first kappa shape index (κ1) is 21.6. The fourth-order valence-electron chi connectivity index (χ4n) is 3.52. The van der Waals surface area contributed by atoms with Crippen LogP contribution in [0.4, 0.5) is 13.2 Å². The van der Waals surface area contributed by atoms with Crippen LogP contribution in [0.2, 0.25) is 0 Å². The second-order valence-corrected chi connectivity index (χ2v) is 8.27. The molecule has 1 aliphatic heterocycles.